The molecule has 2 aromatic carbocycles. The topological polar surface area (TPSA) is 105 Å². The van der Waals surface area contributed by atoms with Crippen molar-refractivity contribution < 1.29 is 24.2 Å². The van der Waals surface area contributed by atoms with Gasteiger partial charge in [0.15, 0.2) is 0 Å². The highest BCUT2D eigenvalue weighted by Gasteiger charge is 2.35. The predicted octanol–water partition coefficient (Wildman–Crippen LogP) is 3.92. The first-order valence-electron chi connectivity index (χ1n) is 11.6. The Morgan fingerprint density at radius 2 is 1.67 bits per heavy atom. The van der Waals surface area contributed by atoms with Crippen molar-refractivity contribution >= 4 is 18.0 Å². The first-order valence-corrected chi connectivity index (χ1v) is 11.6. The lowest BCUT2D eigenvalue weighted by Crippen LogP contribution is -2.45. The van der Waals surface area contributed by atoms with Crippen molar-refractivity contribution in [2.75, 3.05) is 13.2 Å². The van der Waals surface area contributed by atoms with Crippen LogP contribution >= 0.6 is 0 Å². The van der Waals surface area contributed by atoms with Gasteiger partial charge in [-0.2, -0.15) is 0 Å². The first kappa shape index (κ1) is 22.8. The van der Waals surface area contributed by atoms with Crippen LogP contribution in [0, 0.1) is 11.8 Å². The molecule has 0 radical (unpaired) electrons. The van der Waals surface area contributed by atoms with Crippen LogP contribution in [0.15, 0.2) is 48.5 Å². The third kappa shape index (κ3) is 4.87. The van der Waals surface area contributed by atoms with Gasteiger partial charge < -0.3 is 20.5 Å². The molecular weight excluding hydrogens is 420 g/mol. The van der Waals surface area contributed by atoms with Gasteiger partial charge in [0.25, 0.3) is 0 Å². The Morgan fingerprint density at radius 3 is 2.27 bits per heavy atom. The van der Waals surface area contributed by atoms with E-state index in [0.717, 1.165) is 17.5 Å². The summed E-state index contributed by atoms with van der Waals surface area (Å²) in [5.41, 5.74) is 4.63. The number of hydrogen-bond donors (Lipinski definition) is 3. The zero-order chi connectivity index (χ0) is 23.4. The lowest BCUT2D eigenvalue weighted by Gasteiger charge is -2.22. The summed E-state index contributed by atoms with van der Waals surface area (Å²) in [6.45, 7) is 2.10. The van der Waals surface area contributed by atoms with E-state index < -0.39 is 18.0 Å². The molecule has 1 fully saturated rings. The highest BCUT2D eigenvalue weighted by Crippen LogP contribution is 2.44. The van der Waals surface area contributed by atoms with Gasteiger partial charge in [0.1, 0.15) is 6.61 Å². The standard InChI is InChI=1S/C26H30N2O5/c1-2-16(25(30)31)14-27-24(29)21-12-7-13-23(21)28-26(32)33-15-22-19-10-5-3-8-17(19)18-9-4-6-11-20(18)22/h3-6,8-11,16,21-23H,2,7,12-15H2,1H3,(H,27,29)(H,28,32)(H,30,31)/t16?,21-,23+/m0/s1. The maximum Gasteiger partial charge on any atom is 0.407 e. The molecule has 174 valence electrons. The van der Waals surface area contributed by atoms with Crippen LogP contribution in [0.25, 0.3) is 11.1 Å². The second-order valence-electron chi connectivity index (χ2n) is 8.80. The van der Waals surface area contributed by atoms with E-state index in [0.29, 0.717) is 19.3 Å². The summed E-state index contributed by atoms with van der Waals surface area (Å²) in [5.74, 6) is -2.14. The lowest BCUT2D eigenvalue weighted by atomic mass is 9.98. The van der Waals surface area contributed by atoms with E-state index in [2.05, 4.69) is 34.9 Å². The predicted molar refractivity (Wildman–Crippen MR) is 124 cm³/mol. The number of carboxylic acids is 1. The molecule has 1 unspecified atom stereocenters. The number of nitrogens with one attached hydrogen (secondary N) is 2. The van der Waals surface area contributed by atoms with E-state index in [1.807, 2.05) is 24.3 Å². The van der Waals surface area contributed by atoms with Crippen molar-refractivity contribution in [1.82, 2.24) is 10.6 Å². The average Bonchev–Trinajstić information content (AvgIpc) is 3.40. The molecule has 3 atom stereocenters. The Morgan fingerprint density at radius 1 is 1.03 bits per heavy atom. The second-order valence-corrected chi connectivity index (χ2v) is 8.80. The van der Waals surface area contributed by atoms with Gasteiger partial charge in [0.05, 0.1) is 11.8 Å². The molecule has 2 aromatic rings. The fourth-order valence-electron chi connectivity index (χ4n) is 5.00. The van der Waals surface area contributed by atoms with E-state index in [4.69, 9.17) is 9.84 Å². The molecule has 0 heterocycles. The molecule has 2 amide bonds. The van der Waals surface area contributed by atoms with E-state index >= 15 is 0 Å². The number of carbonyl (C=O) groups excluding carboxylic acids is 2. The molecule has 0 aliphatic heterocycles. The van der Waals surface area contributed by atoms with Gasteiger partial charge in [-0.05, 0) is 41.5 Å². The summed E-state index contributed by atoms with van der Waals surface area (Å²) in [6, 6.07) is 16.0. The van der Waals surface area contributed by atoms with Crippen LogP contribution < -0.4 is 10.6 Å². The van der Waals surface area contributed by atoms with Gasteiger partial charge in [0, 0.05) is 18.5 Å². The number of ether oxygens (including phenoxy) is 1. The van der Waals surface area contributed by atoms with Gasteiger partial charge in [0.2, 0.25) is 5.91 Å². The number of aliphatic carboxylic acids is 1. The van der Waals surface area contributed by atoms with Crippen LogP contribution in [0.4, 0.5) is 4.79 Å². The molecule has 0 spiro atoms. The Hall–Kier alpha value is -3.35. The third-order valence-electron chi connectivity index (χ3n) is 6.86. The fraction of sp³-hybridized carbons (Fsp3) is 0.423. The number of carbonyl (C=O) groups is 3. The second kappa shape index (κ2) is 10.1. The smallest absolute Gasteiger partial charge is 0.407 e. The zero-order valence-corrected chi connectivity index (χ0v) is 18.8. The summed E-state index contributed by atoms with van der Waals surface area (Å²) in [5, 5.41) is 14.8. The van der Waals surface area contributed by atoms with Crippen molar-refractivity contribution in [1.29, 1.82) is 0 Å². The molecule has 1 saturated carbocycles. The molecule has 33 heavy (non-hydrogen) atoms. The normalized spacial score (nSPS) is 19.9. The Labute approximate surface area is 193 Å². The minimum absolute atomic E-state index is 0.0205. The van der Waals surface area contributed by atoms with Crippen molar-refractivity contribution in [3.63, 3.8) is 0 Å². The van der Waals surface area contributed by atoms with Gasteiger partial charge in [-0.15, -0.1) is 0 Å². The largest absolute Gasteiger partial charge is 0.481 e. The molecular formula is C26H30N2O5. The molecule has 3 N–H and O–H groups in total. The van der Waals surface area contributed by atoms with E-state index in [9.17, 15) is 14.4 Å². The summed E-state index contributed by atoms with van der Waals surface area (Å²) in [6.07, 6.45) is 2.09. The van der Waals surface area contributed by atoms with E-state index in [1.165, 1.54) is 11.1 Å². The number of benzene rings is 2. The third-order valence-corrected chi connectivity index (χ3v) is 6.86. The Balaban J connectivity index is 1.33. The molecule has 2 aliphatic rings. The summed E-state index contributed by atoms with van der Waals surface area (Å²) in [4.78, 5) is 36.4. The number of fused-ring (bicyclic) bond motifs is 3. The summed E-state index contributed by atoms with van der Waals surface area (Å²) >= 11 is 0. The number of alkyl carbamates (subject to hydrolysis) is 1. The van der Waals surface area contributed by atoms with Crippen molar-refractivity contribution in [3.8, 4) is 11.1 Å². The minimum Gasteiger partial charge on any atom is -0.481 e. The van der Waals surface area contributed by atoms with E-state index in [1.54, 1.807) is 6.92 Å². The van der Waals surface area contributed by atoms with Crippen LogP contribution in [-0.2, 0) is 14.3 Å². The summed E-state index contributed by atoms with van der Waals surface area (Å²) < 4.78 is 5.62. The van der Waals surface area contributed by atoms with Gasteiger partial charge in [-0.3, -0.25) is 9.59 Å². The number of hydrogen-bond acceptors (Lipinski definition) is 4. The molecule has 0 bridgehead atoms. The molecule has 0 saturated heterocycles. The Kier molecular flexibility index (Phi) is 6.96. The van der Waals surface area contributed by atoms with Crippen LogP contribution in [0.3, 0.4) is 0 Å². The summed E-state index contributed by atoms with van der Waals surface area (Å²) in [7, 11) is 0. The van der Waals surface area contributed by atoms with Crippen molar-refractivity contribution in [2.24, 2.45) is 11.8 Å². The Bertz CT molecular complexity index is 991. The minimum atomic E-state index is -0.919. The quantitative estimate of drug-likeness (QED) is 0.565. The lowest BCUT2D eigenvalue weighted by molar-refractivity contribution is -0.141. The van der Waals surface area contributed by atoms with Gasteiger partial charge >= 0.3 is 12.1 Å². The first-order chi connectivity index (χ1) is 16.0. The van der Waals surface area contributed by atoms with Gasteiger partial charge in [-0.25, -0.2) is 4.79 Å². The molecule has 0 aromatic heterocycles. The van der Waals surface area contributed by atoms with Crippen molar-refractivity contribution in [2.45, 2.75) is 44.6 Å². The highest BCUT2D eigenvalue weighted by atomic mass is 16.5. The zero-order valence-electron chi connectivity index (χ0n) is 18.8. The van der Waals surface area contributed by atoms with Crippen molar-refractivity contribution in [3.05, 3.63) is 59.7 Å². The number of carboxylic acid groups (broad SMARTS) is 1. The molecule has 7 heteroatoms. The van der Waals surface area contributed by atoms with Crippen LogP contribution in [-0.4, -0.2) is 42.3 Å². The van der Waals surface area contributed by atoms with Crippen LogP contribution in [0.5, 0.6) is 0 Å². The van der Waals surface area contributed by atoms with Crippen LogP contribution in [0.1, 0.15) is 49.7 Å². The average molecular weight is 451 g/mol. The monoisotopic (exact) mass is 450 g/mol. The number of amides is 2. The SMILES string of the molecule is CCC(CNC(=O)[C@H]1CCC[C@H]1NC(=O)OCC1c2ccccc2-c2ccccc21)C(=O)O. The highest BCUT2D eigenvalue weighted by molar-refractivity contribution is 5.82. The van der Waals surface area contributed by atoms with E-state index in [-0.39, 0.29) is 36.9 Å². The number of rotatable bonds is 8. The van der Waals surface area contributed by atoms with Gasteiger partial charge in [-0.1, -0.05) is 61.9 Å². The maximum atomic E-state index is 12.6. The molecule has 7 nitrogen and oxygen atoms in total. The fourth-order valence-corrected chi connectivity index (χ4v) is 5.00. The molecule has 4 rings (SSSR count). The maximum absolute atomic E-state index is 12.6. The van der Waals surface area contributed by atoms with Crippen LogP contribution in [0.2, 0.25) is 0 Å². The molecule has 2 aliphatic carbocycles.